The van der Waals surface area contributed by atoms with Crippen molar-refractivity contribution in [2.24, 2.45) is 5.92 Å². The number of sulfonamides is 1. The van der Waals surface area contributed by atoms with Gasteiger partial charge >= 0.3 is 0 Å². The van der Waals surface area contributed by atoms with Gasteiger partial charge in [0.2, 0.25) is 21.8 Å². The van der Waals surface area contributed by atoms with E-state index in [1.54, 1.807) is 47.4 Å². The van der Waals surface area contributed by atoms with Gasteiger partial charge in [-0.05, 0) is 48.6 Å². The first-order chi connectivity index (χ1) is 16.9. The van der Waals surface area contributed by atoms with Crippen LogP contribution in [-0.4, -0.2) is 50.5 Å². The lowest BCUT2D eigenvalue weighted by molar-refractivity contribution is -0.141. The quantitative estimate of drug-likeness (QED) is 0.371. The Hall–Kier alpha value is -2.29. The minimum Gasteiger partial charge on any atom is -0.354 e. The second-order valence-electron chi connectivity index (χ2n) is 9.11. The molecule has 0 saturated heterocycles. The molecular weight excluding hydrogens is 521 g/mol. The molecule has 0 bridgehead atoms. The molecule has 0 spiro atoms. The Morgan fingerprint density at radius 3 is 2.25 bits per heavy atom. The average Bonchev–Trinajstić information content (AvgIpc) is 2.82. The number of hydrogen-bond donors (Lipinski definition) is 1. The zero-order chi connectivity index (χ0) is 26.9. The minimum absolute atomic E-state index is 0.0775. The molecule has 7 nitrogen and oxygen atoms in total. The van der Waals surface area contributed by atoms with E-state index in [0.717, 1.165) is 11.8 Å². The summed E-state index contributed by atoms with van der Waals surface area (Å²) < 4.78 is 26.0. The molecule has 0 heterocycles. The van der Waals surface area contributed by atoms with E-state index in [1.165, 1.54) is 4.31 Å². The van der Waals surface area contributed by atoms with Crippen LogP contribution in [0.4, 0.5) is 5.69 Å². The number of rotatable bonds is 13. The number of anilines is 1. The molecule has 1 N–H and O–H groups in total. The van der Waals surface area contributed by atoms with Gasteiger partial charge in [0, 0.05) is 26.1 Å². The monoisotopic (exact) mass is 555 g/mol. The van der Waals surface area contributed by atoms with E-state index in [9.17, 15) is 18.0 Å². The van der Waals surface area contributed by atoms with Crippen molar-refractivity contribution in [3.05, 3.63) is 64.1 Å². The number of nitrogens with one attached hydrogen (secondary N) is 1. The van der Waals surface area contributed by atoms with Gasteiger partial charge in [-0.1, -0.05) is 68.2 Å². The molecule has 0 aliphatic rings. The Balaban J connectivity index is 2.22. The molecule has 1 atom stereocenters. The first-order valence-corrected chi connectivity index (χ1v) is 14.6. The van der Waals surface area contributed by atoms with Crippen molar-refractivity contribution in [1.29, 1.82) is 0 Å². The zero-order valence-electron chi connectivity index (χ0n) is 21.2. The van der Waals surface area contributed by atoms with E-state index in [1.807, 2.05) is 26.8 Å². The molecule has 2 amide bonds. The molecule has 0 aromatic heterocycles. The molecule has 2 aromatic carbocycles. The van der Waals surface area contributed by atoms with Gasteiger partial charge in [-0.15, -0.1) is 0 Å². The predicted octanol–water partition coefficient (Wildman–Crippen LogP) is 5.12. The van der Waals surface area contributed by atoms with Gasteiger partial charge in [0.15, 0.2) is 0 Å². The Bertz CT molecular complexity index is 1130. The number of hydrogen-bond acceptors (Lipinski definition) is 4. The highest BCUT2D eigenvalue weighted by Gasteiger charge is 2.29. The highest BCUT2D eigenvalue weighted by Crippen LogP contribution is 2.25. The highest BCUT2D eigenvalue weighted by atomic mass is 35.5. The molecule has 0 radical (unpaired) electrons. The van der Waals surface area contributed by atoms with E-state index in [-0.39, 0.29) is 37.2 Å². The maximum Gasteiger partial charge on any atom is 0.242 e. The number of halogens is 2. The van der Waals surface area contributed by atoms with Crippen LogP contribution in [0.25, 0.3) is 0 Å². The van der Waals surface area contributed by atoms with Crippen LogP contribution < -0.4 is 9.62 Å². The fourth-order valence-corrected chi connectivity index (χ4v) is 5.06. The lowest BCUT2D eigenvalue weighted by Crippen LogP contribution is -2.49. The number of amides is 2. The SMILES string of the molecule is CC[C@H](C(=O)NCC(C)C)N(Cc1ccc(Cl)c(Cl)c1)C(=O)CCCN(c1ccccc1)S(C)(=O)=O. The van der Waals surface area contributed by atoms with Crippen LogP contribution in [-0.2, 0) is 26.2 Å². The third kappa shape index (κ3) is 8.98. The Kier molecular flexibility index (Phi) is 11.5. The van der Waals surface area contributed by atoms with Crippen LogP contribution in [0.15, 0.2) is 48.5 Å². The van der Waals surface area contributed by atoms with Crippen LogP contribution in [0.5, 0.6) is 0 Å². The predicted molar refractivity (Wildman–Crippen MR) is 147 cm³/mol. The molecule has 36 heavy (non-hydrogen) atoms. The fraction of sp³-hybridized carbons (Fsp3) is 0.462. The summed E-state index contributed by atoms with van der Waals surface area (Å²) >= 11 is 12.2. The number of para-hydroxylation sites is 1. The van der Waals surface area contributed by atoms with Gasteiger partial charge in [-0.3, -0.25) is 13.9 Å². The number of benzene rings is 2. The maximum absolute atomic E-state index is 13.4. The van der Waals surface area contributed by atoms with Crippen molar-refractivity contribution in [1.82, 2.24) is 10.2 Å². The average molecular weight is 557 g/mol. The summed E-state index contributed by atoms with van der Waals surface area (Å²) in [5, 5.41) is 3.69. The lowest BCUT2D eigenvalue weighted by atomic mass is 10.1. The third-order valence-electron chi connectivity index (χ3n) is 5.60. The molecule has 198 valence electrons. The van der Waals surface area contributed by atoms with Crippen molar-refractivity contribution in [3.8, 4) is 0 Å². The van der Waals surface area contributed by atoms with Gasteiger partial charge in [-0.2, -0.15) is 0 Å². The van der Waals surface area contributed by atoms with Crippen LogP contribution in [0.2, 0.25) is 10.0 Å². The van der Waals surface area contributed by atoms with Gasteiger partial charge in [0.1, 0.15) is 6.04 Å². The van der Waals surface area contributed by atoms with E-state index < -0.39 is 16.1 Å². The van der Waals surface area contributed by atoms with Crippen LogP contribution >= 0.6 is 23.2 Å². The number of nitrogens with zero attached hydrogens (tertiary/aromatic N) is 2. The molecule has 0 saturated carbocycles. The molecule has 0 aliphatic heterocycles. The van der Waals surface area contributed by atoms with Crippen molar-refractivity contribution >= 4 is 50.7 Å². The molecular formula is C26H35Cl2N3O4S. The van der Waals surface area contributed by atoms with Crippen LogP contribution in [0.1, 0.15) is 45.6 Å². The first kappa shape index (κ1) is 29.9. The molecule has 2 aromatic rings. The normalized spacial score (nSPS) is 12.3. The van der Waals surface area contributed by atoms with Crippen LogP contribution in [0, 0.1) is 5.92 Å². The van der Waals surface area contributed by atoms with Crippen molar-refractivity contribution < 1.29 is 18.0 Å². The standard InChI is InChI=1S/C26H35Cl2N3O4S/c1-5-24(26(33)29-17-19(2)3)30(18-20-13-14-22(27)23(28)16-20)25(32)12-9-15-31(36(4,34)35)21-10-7-6-8-11-21/h6-8,10-11,13-14,16,19,24H,5,9,12,15,17-18H2,1-4H3,(H,29,33)/t24-/m1/s1. The summed E-state index contributed by atoms with van der Waals surface area (Å²) in [5.74, 6) is -0.193. The lowest BCUT2D eigenvalue weighted by Gasteiger charge is -2.31. The summed E-state index contributed by atoms with van der Waals surface area (Å²) in [6.07, 6.45) is 1.94. The van der Waals surface area contributed by atoms with Gasteiger partial charge in [0.05, 0.1) is 22.0 Å². The summed E-state index contributed by atoms with van der Waals surface area (Å²) in [5.41, 5.74) is 1.29. The molecule has 0 aliphatic carbocycles. The topological polar surface area (TPSA) is 86.8 Å². The zero-order valence-corrected chi connectivity index (χ0v) is 23.5. The summed E-state index contributed by atoms with van der Waals surface area (Å²) in [6, 6.07) is 13.2. The molecule has 0 fully saturated rings. The maximum atomic E-state index is 13.4. The second-order valence-corrected chi connectivity index (χ2v) is 11.8. The number of carbonyl (C=O) groups excluding carboxylic acids is 2. The fourth-order valence-electron chi connectivity index (χ4n) is 3.77. The Morgan fingerprint density at radius 2 is 1.69 bits per heavy atom. The third-order valence-corrected chi connectivity index (χ3v) is 7.54. The second kappa shape index (κ2) is 13.9. The van der Waals surface area contributed by atoms with Crippen molar-refractivity contribution in [2.45, 2.75) is 52.6 Å². The summed E-state index contributed by atoms with van der Waals surface area (Å²) in [7, 11) is -3.53. The van der Waals surface area contributed by atoms with E-state index in [4.69, 9.17) is 23.2 Å². The van der Waals surface area contributed by atoms with E-state index >= 15 is 0 Å². The van der Waals surface area contributed by atoms with Gasteiger partial charge < -0.3 is 10.2 Å². The largest absolute Gasteiger partial charge is 0.354 e. The smallest absolute Gasteiger partial charge is 0.242 e. The summed E-state index contributed by atoms with van der Waals surface area (Å²) in [4.78, 5) is 28.0. The number of carbonyl (C=O) groups is 2. The van der Waals surface area contributed by atoms with E-state index in [2.05, 4.69) is 5.32 Å². The first-order valence-electron chi connectivity index (χ1n) is 12.0. The van der Waals surface area contributed by atoms with Gasteiger partial charge in [0.25, 0.3) is 0 Å². The molecule has 0 unspecified atom stereocenters. The van der Waals surface area contributed by atoms with Gasteiger partial charge in [-0.25, -0.2) is 8.42 Å². The highest BCUT2D eigenvalue weighted by molar-refractivity contribution is 7.92. The Labute approximate surface area is 224 Å². The molecule has 10 heteroatoms. The molecule has 2 rings (SSSR count). The summed E-state index contributed by atoms with van der Waals surface area (Å²) in [6.45, 7) is 6.68. The van der Waals surface area contributed by atoms with Crippen molar-refractivity contribution in [2.75, 3.05) is 23.7 Å². The Morgan fingerprint density at radius 1 is 1.03 bits per heavy atom. The minimum atomic E-state index is -3.53. The van der Waals surface area contributed by atoms with Crippen LogP contribution in [0.3, 0.4) is 0 Å². The van der Waals surface area contributed by atoms with Crippen molar-refractivity contribution in [3.63, 3.8) is 0 Å². The van der Waals surface area contributed by atoms with E-state index in [0.29, 0.717) is 35.1 Å².